The van der Waals surface area contributed by atoms with Crippen molar-refractivity contribution in [1.29, 1.82) is 0 Å². The molecule has 0 saturated carbocycles. The van der Waals surface area contributed by atoms with E-state index in [-0.39, 0.29) is 5.41 Å². The van der Waals surface area contributed by atoms with E-state index in [2.05, 4.69) is 199 Å². The molecule has 5 nitrogen and oxygen atoms in total. The van der Waals surface area contributed by atoms with Crippen molar-refractivity contribution >= 4 is 5.65 Å². The van der Waals surface area contributed by atoms with Crippen molar-refractivity contribution in [1.82, 2.24) is 24.1 Å². The number of imidazole rings is 1. The molecule has 1 aliphatic rings. The number of benzene rings is 4. The third-order valence-corrected chi connectivity index (χ3v) is 12.4. The first-order chi connectivity index (χ1) is 26.8. The highest BCUT2D eigenvalue weighted by molar-refractivity contribution is 5.87. The summed E-state index contributed by atoms with van der Waals surface area (Å²) >= 11 is 0. The molecule has 0 fully saturated rings. The van der Waals surface area contributed by atoms with E-state index >= 15 is 0 Å². The number of pyridine rings is 2. The normalized spacial score (nSPS) is 13.6. The molecule has 278 valence electrons. The molecule has 0 spiro atoms. The van der Waals surface area contributed by atoms with Crippen LogP contribution < -0.4 is 0 Å². The van der Waals surface area contributed by atoms with E-state index < -0.39 is 10.8 Å². The topological polar surface area (TPSA) is 48.0 Å². The standard InChI is InChI=1S/C51H49N5/c1-32-34(3)55-46(50(8,9)45-29-37(26-27-52-45)49(5,6)7)30-39(31-47(55)53-32)51(43-24-15-13-22-41(43)42-23-14-16-25-44(42)51)38-20-17-21-40(28-38)56-35(4)48(33(2)54-56)36-18-11-10-12-19-36/h10-31H,1-9H3. The van der Waals surface area contributed by atoms with E-state index in [1.54, 1.807) is 0 Å². The summed E-state index contributed by atoms with van der Waals surface area (Å²) in [5.74, 6) is 0. The van der Waals surface area contributed by atoms with Crippen LogP contribution in [0.2, 0.25) is 0 Å². The van der Waals surface area contributed by atoms with Crippen molar-refractivity contribution in [2.75, 3.05) is 0 Å². The van der Waals surface area contributed by atoms with Gasteiger partial charge >= 0.3 is 0 Å². The average molecular weight is 732 g/mol. The van der Waals surface area contributed by atoms with Crippen LogP contribution in [0.5, 0.6) is 0 Å². The van der Waals surface area contributed by atoms with Gasteiger partial charge in [-0.15, -0.1) is 0 Å². The van der Waals surface area contributed by atoms with Crippen molar-refractivity contribution < 1.29 is 0 Å². The van der Waals surface area contributed by atoms with E-state index in [0.717, 1.165) is 45.5 Å². The largest absolute Gasteiger partial charge is 0.300 e. The molecule has 4 heterocycles. The number of nitrogens with zero attached hydrogens (tertiary/aromatic N) is 5. The first kappa shape index (κ1) is 35.6. The smallest absolute Gasteiger partial charge is 0.137 e. The SMILES string of the molecule is Cc1nn(-c2cccc(C3(c4cc(C(C)(C)c5cc(C(C)(C)C)ccn5)n5c(C)c(C)nc5c4)c4ccccc4-c4ccccc43)c2)c(C)c1-c1ccccc1. The molecule has 0 unspecified atom stereocenters. The van der Waals surface area contributed by atoms with Gasteiger partial charge < -0.3 is 4.40 Å². The Balaban J connectivity index is 1.35. The van der Waals surface area contributed by atoms with Crippen LogP contribution >= 0.6 is 0 Å². The third kappa shape index (κ3) is 5.24. The number of hydrogen-bond donors (Lipinski definition) is 0. The molecule has 1 aliphatic carbocycles. The summed E-state index contributed by atoms with van der Waals surface area (Å²) < 4.78 is 4.48. The lowest BCUT2D eigenvalue weighted by molar-refractivity contribution is 0.560. The Kier molecular flexibility index (Phi) is 8.10. The van der Waals surface area contributed by atoms with Gasteiger partial charge in [-0.05, 0) is 128 Å². The minimum atomic E-state index is -0.650. The predicted molar refractivity (Wildman–Crippen MR) is 229 cm³/mol. The molecule has 4 aromatic carbocycles. The van der Waals surface area contributed by atoms with Gasteiger partial charge in [-0.1, -0.05) is 112 Å². The van der Waals surface area contributed by atoms with Crippen LogP contribution in [0.1, 0.15) is 96.6 Å². The van der Waals surface area contributed by atoms with Crippen molar-refractivity contribution in [3.8, 4) is 27.9 Å². The number of hydrogen-bond acceptors (Lipinski definition) is 3. The van der Waals surface area contributed by atoms with Gasteiger partial charge in [0.25, 0.3) is 0 Å². The van der Waals surface area contributed by atoms with Crippen LogP contribution in [-0.4, -0.2) is 24.1 Å². The highest BCUT2D eigenvalue weighted by Gasteiger charge is 2.47. The fourth-order valence-corrected chi connectivity index (χ4v) is 9.29. The van der Waals surface area contributed by atoms with Crippen LogP contribution in [0.25, 0.3) is 33.6 Å². The number of aryl methyl sites for hydroxylation is 3. The Morgan fingerprint density at radius 2 is 1.25 bits per heavy atom. The summed E-state index contributed by atoms with van der Waals surface area (Å²) in [4.78, 5) is 10.3. The van der Waals surface area contributed by atoms with Gasteiger partial charge in [0.15, 0.2) is 0 Å². The van der Waals surface area contributed by atoms with Crippen molar-refractivity contribution in [2.24, 2.45) is 0 Å². The Bertz CT molecular complexity index is 2760. The average Bonchev–Trinajstić information content (AvgIpc) is 3.79. The predicted octanol–water partition coefficient (Wildman–Crippen LogP) is 11.8. The van der Waals surface area contributed by atoms with Crippen LogP contribution in [0.4, 0.5) is 0 Å². The lowest BCUT2D eigenvalue weighted by atomic mass is 9.67. The molecule has 0 aliphatic heterocycles. The lowest BCUT2D eigenvalue weighted by Gasteiger charge is -2.36. The van der Waals surface area contributed by atoms with E-state index in [1.807, 2.05) is 6.20 Å². The van der Waals surface area contributed by atoms with Gasteiger partial charge in [0, 0.05) is 34.3 Å². The second kappa shape index (κ2) is 12.7. The number of rotatable bonds is 6. The molecule has 4 aromatic heterocycles. The molecular formula is C51H49N5. The maximum absolute atomic E-state index is 5.25. The summed E-state index contributed by atoms with van der Waals surface area (Å²) in [6.45, 7) is 20.0. The molecule has 56 heavy (non-hydrogen) atoms. The maximum atomic E-state index is 5.25. The summed E-state index contributed by atoms with van der Waals surface area (Å²) in [5, 5.41) is 5.16. The zero-order valence-corrected chi connectivity index (χ0v) is 33.9. The van der Waals surface area contributed by atoms with E-state index in [0.29, 0.717) is 0 Å². The van der Waals surface area contributed by atoms with Gasteiger partial charge in [-0.25, -0.2) is 9.67 Å². The zero-order valence-electron chi connectivity index (χ0n) is 33.9. The summed E-state index contributed by atoms with van der Waals surface area (Å²) in [7, 11) is 0. The Hall–Kier alpha value is -6.07. The number of aromatic nitrogens is 5. The quantitative estimate of drug-likeness (QED) is 0.171. The van der Waals surface area contributed by atoms with Crippen LogP contribution in [0, 0.1) is 27.7 Å². The van der Waals surface area contributed by atoms with Gasteiger partial charge in [-0.3, -0.25) is 4.98 Å². The fourth-order valence-electron chi connectivity index (χ4n) is 9.29. The van der Waals surface area contributed by atoms with Crippen molar-refractivity contribution in [3.05, 3.63) is 196 Å². The van der Waals surface area contributed by atoms with Crippen molar-refractivity contribution in [3.63, 3.8) is 0 Å². The molecule has 0 saturated heterocycles. The highest BCUT2D eigenvalue weighted by Crippen LogP contribution is 2.57. The van der Waals surface area contributed by atoms with Crippen LogP contribution in [-0.2, 0) is 16.2 Å². The molecule has 0 radical (unpaired) electrons. The summed E-state index contributed by atoms with van der Waals surface area (Å²) in [5.41, 5.74) is 18.3. The van der Waals surface area contributed by atoms with E-state index in [9.17, 15) is 0 Å². The molecule has 0 bridgehead atoms. The second-order valence-corrected chi connectivity index (χ2v) is 17.1. The highest BCUT2D eigenvalue weighted by atomic mass is 15.3. The fraction of sp³-hybridized carbons (Fsp3) is 0.235. The maximum Gasteiger partial charge on any atom is 0.137 e. The zero-order chi connectivity index (χ0) is 39.1. The lowest BCUT2D eigenvalue weighted by Crippen LogP contribution is -2.31. The minimum Gasteiger partial charge on any atom is -0.300 e. The summed E-state index contributed by atoms with van der Waals surface area (Å²) in [6, 6.07) is 46.8. The van der Waals surface area contributed by atoms with E-state index in [1.165, 1.54) is 50.1 Å². The second-order valence-electron chi connectivity index (χ2n) is 17.1. The Morgan fingerprint density at radius 3 is 1.93 bits per heavy atom. The Morgan fingerprint density at radius 1 is 0.589 bits per heavy atom. The van der Waals surface area contributed by atoms with Crippen molar-refractivity contribution in [2.45, 2.75) is 78.6 Å². The first-order valence-corrected chi connectivity index (χ1v) is 19.7. The van der Waals surface area contributed by atoms with Gasteiger partial charge in [0.1, 0.15) is 5.65 Å². The molecule has 9 rings (SSSR count). The molecule has 0 N–H and O–H groups in total. The summed E-state index contributed by atoms with van der Waals surface area (Å²) in [6.07, 6.45) is 1.98. The molecule has 8 aromatic rings. The Labute approximate surface area is 330 Å². The molecule has 5 heteroatoms. The molecule has 0 amide bonds. The van der Waals surface area contributed by atoms with Crippen LogP contribution in [0.3, 0.4) is 0 Å². The number of fused-ring (bicyclic) bond motifs is 4. The molecular weight excluding hydrogens is 683 g/mol. The van der Waals surface area contributed by atoms with Gasteiger partial charge in [-0.2, -0.15) is 5.10 Å². The minimum absolute atomic E-state index is 0.00782. The third-order valence-electron chi connectivity index (χ3n) is 12.4. The van der Waals surface area contributed by atoms with Gasteiger partial charge in [0.05, 0.1) is 28.2 Å². The van der Waals surface area contributed by atoms with E-state index in [4.69, 9.17) is 15.1 Å². The first-order valence-electron chi connectivity index (χ1n) is 19.7. The molecule has 0 atom stereocenters. The van der Waals surface area contributed by atoms with Gasteiger partial charge in [0.2, 0.25) is 0 Å². The van der Waals surface area contributed by atoms with Crippen LogP contribution in [0.15, 0.2) is 134 Å². The monoisotopic (exact) mass is 731 g/mol.